The molecule has 1 aromatic rings. The second-order valence-corrected chi connectivity index (χ2v) is 4.14. The van der Waals surface area contributed by atoms with Crippen LogP contribution >= 0.6 is 11.6 Å². The van der Waals surface area contributed by atoms with E-state index in [1.54, 1.807) is 6.07 Å². The average molecular weight is 199 g/mol. The second kappa shape index (κ2) is 4.52. The van der Waals surface area contributed by atoms with Crippen molar-refractivity contribution in [3.63, 3.8) is 0 Å². The van der Waals surface area contributed by atoms with Crippen molar-refractivity contribution in [2.75, 3.05) is 0 Å². The molecule has 1 aromatic carbocycles. The Hall–Kier alpha value is -0.690. The first-order valence-electron chi connectivity index (χ1n) is 4.57. The standard InChI is InChI=1S/C11H15ClO/c1-8(2)3-4-9-5-6-10(12)7-11(9)13/h5-8,13H,3-4H2,1-2H3. The summed E-state index contributed by atoms with van der Waals surface area (Å²) in [6, 6.07) is 5.30. The van der Waals surface area contributed by atoms with Crippen LogP contribution in [0, 0.1) is 5.92 Å². The highest BCUT2D eigenvalue weighted by Gasteiger charge is 2.02. The normalized spacial score (nSPS) is 10.8. The van der Waals surface area contributed by atoms with Crippen LogP contribution in [0.1, 0.15) is 25.8 Å². The van der Waals surface area contributed by atoms with Gasteiger partial charge >= 0.3 is 0 Å². The predicted molar refractivity (Wildman–Crippen MR) is 56.3 cm³/mol. The van der Waals surface area contributed by atoms with Gasteiger partial charge in [-0.15, -0.1) is 0 Å². The van der Waals surface area contributed by atoms with E-state index < -0.39 is 0 Å². The van der Waals surface area contributed by atoms with Gasteiger partial charge in [-0.3, -0.25) is 0 Å². The van der Waals surface area contributed by atoms with E-state index in [9.17, 15) is 5.11 Å². The van der Waals surface area contributed by atoms with E-state index in [0.29, 0.717) is 16.7 Å². The number of aryl methyl sites for hydroxylation is 1. The molecule has 13 heavy (non-hydrogen) atoms. The van der Waals surface area contributed by atoms with Gasteiger partial charge in [0.1, 0.15) is 5.75 Å². The Labute approximate surface area is 84.4 Å². The number of halogens is 1. The predicted octanol–water partition coefficient (Wildman–Crippen LogP) is 3.63. The van der Waals surface area contributed by atoms with Crippen LogP contribution < -0.4 is 0 Å². The summed E-state index contributed by atoms with van der Waals surface area (Å²) in [6.45, 7) is 4.35. The van der Waals surface area contributed by atoms with Crippen LogP contribution in [0.3, 0.4) is 0 Å². The lowest BCUT2D eigenvalue weighted by atomic mass is 10.0. The van der Waals surface area contributed by atoms with Crippen molar-refractivity contribution in [1.29, 1.82) is 0 Å². The molecular weight excluding hydrogens is 184 g/mol. The highest BCUT2D eigenvalue weighted by atomic mass is 35.5. The maximum Gasteiger partial charge on any atom is 0.120 e. The van der Waals surface area contributed by atoms with E-state index in [4.69, 9.17) is 11.6 Å². The zero-order valence-electron chi connectivity index (χ0n) is 8.05. The Morgan fingerprint density at radius 2 is 2.08 bits per heavy atom. The monoisotopic (exact) mass is 198 g/mol. The molecule has 1 nitrogen and oxygen atoms in total. The summed E-state index contributed by atoms with van der Waals surface area (Å²) in [5.74, 6) is 0.975. The number of aromatic hydroxyl groups is 1. The second-order valence-electron chi connectivity index (χ2n) is 3.71. The third-order valence-corrected chi connectivity index (χ3v) is 2.27. The van der Waals surface area contributed by atoms with Crippen LogP contribution in [0.4, 0.5) is 0 Å². The molecule has 0 aromatic heterocycles. The van der Waals surface area contributed by atoms with E-state index in [-0.39, 0.29) is 0 Å². The molecule has 0 aliphatic carbocycles. The molecule has 0 bridgehead atoms. The van der Waals surface area contributed by atoms with Crippen molar-refractivity contribution in [1.82, 2.24) is 0 Å². The van der Waals surface area contributed by atoms with Crippen molar-refractivity contribution >= 4 is 11.6 Å². The largest absolute Gasteiger partial charge is 0.508 e. The summed E-state index contributed by atoms with van der Waals surface area (Å²) >= 11 is 5.72. The van der Waals surface area contributed by atoms with E-state index in [2.05, 4.69) is 13.8 Å². The molecule has 0 unspecified atom stereocenters. The first-order chi connectivity index (χ1) is 6.09. The van der Waals surface area contributed by atoms with E-state index in [1.165, 1.54) is 0 Å². The summed E-state index contributed by atoms with van der Waals surface area (Å²) in [5.41, 5.74) is 0.984. The molecule has 0 heterocycles. The lowest BCUT2D eigenvalue weighted by Gasteiger charge is -2.06. The van der Waals surface area contributed by atoms with Gasteiger partial charge in [-0.1, -0.05) is 31.5 Å². The van der Waals surface area contributed by atoms with Crippen LogP contribution in [-0.2, 0) is 6.42 Å². The maximum atomic E-state index is 9.52. The van der Waals surface area contributed by atoms with Crippen molar-refractivity contribution in [2.45, 2.75) is 26.7 Å². The van der Waals surface area contributed by atoms with Crippen molar-refractivity contribution in [3.05, 3.63) is 28.8 Å². The van der Waals surface area contributed by atoms with Gasteiger partial charge in [-0.2, -0.15) is 0 Å². The fraction of sp³-hybridized carbons (Fsp3) is 0.455. The van der Waals surface area contributed by atoms with Crippen LogP contribution in [0.2, 0.25) is 5.02 Å². The SMILES string of the molecule is CC(C)CCc1ccc(Cl)cc1O. The van der Waals surface area contributed by atoms with Gasteiger partial charge in [0, 0.05) is 5.02 Å². The zero-order valence-corrected chi connectivity index (χ0v) is 8.80. The molecule has 0 saturated heterocycles. The molecule has 72 valence electrons. The molecule has 0 saturated carbocycles. The molecule has 0 aliphatic heterocycles. The number of hydrogen-bond acceptors (Lipinski definition) is 1. The smallest absolute Gasteiger partial charge is 0.120 e. The van der Waals surface area contributed by atoms with Gasteiger partial charge in [-0.25, -0.2) is 0 Å². The fourth-order valence-corrected chi connectivity index (χ4v) is 1.36. The minimum absolute atomic E-state index is 0.313. The number of hydrogen-bond donors (Lipinski definition) is 1. The summed E-state index contributed by atoms with van der Waals surface area (Å²) in [4.78, 5) is 0. The molecule has 0 aliphatic rings. The van der Waals surface area contributed by atoms with E-state index in [1.807, 2.05) is 12.1 Å². The van der Waals surface area contributed by atoms with Crippen LogP contribution in [0.5, 0.6) is 5.75 Å². The van der Waals surface area contributed by atoms with Crippen molar-refractivity contribution in [3.8, 4) is 5.75 Å². The molecule has 0 amide bonds. The maximum absolute atomic E-state index is 9.52. The number of phenolic OH excluding ortho intramolecular Hbond substituents is 1. The summed E-state index contributed by atoms with van der Waals surface area (Å²) in [6.07, 6.45) is 2.01. The zero-order chi connectivity index (χ0) is 9.84. The van der Waals surface area contributed by atoms with E-state index in [0.717, 1.165) is 18.4 Å². The molecule has 1 N–H and O–H groups in total. The van der Waals surface area contributed by atoms with Crippen molar-refractivity contribution < 1.29 is 5.11 Å². The van der Waals surface area contributed by atoms with Crippen molar-refractivity contribution in [2.24, 2.45) is 5.92 Å². The lowest BCUT2D eigenvalue weighted by molar-refractivity contribution is 0.463. The molecule has 0 radical (unpaired) electrons. The van der Waals surface area contributed by atoms with Crippen LogP contribution in [-0.4, -0.2) is 5.11 Å². The quantitative estimate of drug-likeness (QED) is 0.787. The van der Waals surface area contributed by atoms with Crippen LogP contribution in [0.15, 0.2) is 18.2 Å². The van der Waals surface area contributed by atoms with Gasteiger partial charge in [-0.05, 0) is 36.5 Å². The van der Waals surface area contributed by atoms with Gasteiger partial charge in [0.25, 0.3) is 0 Å². The fourth-order valence-electron chi connectivity index (χ4n) is 1.19. The third-order valence-electron chi connectivity index (χ3n) is 2.04. The number of phenols is 1. The third kappa shape index (κ3) is 3.27. The summed E-state index contributed by atoms with van der Waals surface area (Å²) < 4.78 is 0. The Balaban J connectivity index is 2.67. The summed E-state index contributed by atoms with van der Waals surface area (Å²) in [7, 11) is 0. The first-order valence-corrected chi connectivity index (χ1v) is 4.95. The average Bonchev–Trinajstić information content (AvgIpc) is 2.02. The topological polar surface area (TPSA) is 20.2 Å². The van der Waals surface area contributed by atoms with Gasteiger partial charge in [0.15, 0.2) is 0 Å². The lowest BCUT2D eigenvalue weighted by Crippen LogP contribution is -1.92. The van der Waals surface area contributed by atoms with Crippen LogP contribution in [0.25, 0.3) is 0 Å². The van der Waals surface area contributed by atoms with Gasteiger partial charge < -0.3 is 5.11 Å². The van der Waals surface area contributed by atoms with E-state index >= 15 is 0 Å². The molecular formula is C11H15ClO. The summed E-state index contributed by atoms with van der Waals surface area (Å²) in [5, 5.41) is 10.1. The van der Waals surface area contributed by atoms with Gasteiger partial charge in [0.2, 0.25) is 0 Å². The minimum atomic E-state index is 0.313. The Kier molecular flexibility index (Phi) is 3.61. The molecule has 0 atom stereocenters. The number of benzene rings is 1. The molecule has 0 spiro atoms. The Morgan fingerprint density at radius 1 is 1.38 bits per heavy atom. The minimum Gasteiger partial charge on any atom is -0.508 e. The number of rotatable bonds is 3. The highest BCUT2D eigenvalue weighted by molar-refractivity contribution is 6.30. The molecule has 0 fully saturated rings. The Bertz CT molecular complexity index is 281. The van der Waals surface area contributed by atoms with Gasteiger partial charge in [0.05, 0.1) is 0 Å². The first kappa shape index (κ1) is 10.4. The Morgan fingerprint density at radius 3 is 2.62 bits per heavy atom. The highest BCUT2D eigenvalue weighted by Crippen LogP contribution is 2.23. The molecule has 2 heteroatoms. The molecule has 1 rings (SSSR count).